The van der Waals surface area contributed by atoms with Crippen molar-refractivity contribution < 1.29 is 9.53 Å². The van der Waals surface area contributed by atoms with Crippen molar-refractivity contribution in [3.05, 3.63) is 48.0 Å². The maximum absolute atomic E-state index is 11.2. The summed E-state index contributed by atoms with van der Waals surface area (Å²) in [4.78, 5) is 11.2. The van der Waals surface area contributed by atoms with Gasteiger partial charge in [-0.3, -0.25) is 0 Å². The van der Waals surface area contributed by atoms with E-state index in [-0.39, 0.29) is 12.1 Å². The van der Waals surface area contributed by atoms with Crippen molar-refractivity contribution in [2.75, 3.05) is 0 Å². The molecular weight excluding hydrogens is 152 g/mol. The summed E-state index contributed by atoms with van der Waals surface area (Å²) in [6.07, 6.45) is 1.37. The summed E-state index contributed by atoms with van der Waals surface area (Å²) in [5.41, 5.74) is 1.57. The molecule has 0 bridgehead atoms. The Morgan fingerprint density at radius 2 is 2.17 bits per heavy atom. The summed E-state index contributed by atoms with van der Waals surface area (Å²) < 4.78 is 5.02. The molecule has 1 unspecified atom stereocenters. The number of hydrogen-bond donors (Lipinski definition) is 0. The predicted molar refractivity (Wildman–Crippen MR) is 44.8 cm³/mol. The van der Waals surface area contributed by atoms with E-state index in [0.29, 0.717) is 5.56 Å². The van der Waals surface area contributed by atoms with E-state index < -0.39 is 0 Å². The van der Waals surface area contributed by atoms with E-state index in [1.54, 1.807) is 12.1 Å². The molecule has 2 nitrogen and oxygen atoms in total. The average Bonchev–Trinajstić information content (AvgIpc) is 2.44. The molecule has 0 saturated carbocycles. The van der Waals surface area contributed by atoms with Gasteiger partial charge in [0.15, 0.2) is 0 Å². The number of carbonyl (C=O) groups excluding carboxylic acids is 1. The highest BCUT2D eigenvalue weighted by molar-refractivity contribution is 5.94. The number of esters is 1. The SMILES string of the molecule is C=CC1OC(=O)c2ccccc21. The molecule has 0 aromatic heterocycles. The van der Waals surface area contributed by atoms with Crippen LogP contribution in [0.5, 0.6) is 0 Å². The molecule has 1 aromatic rings. The van der Waals surface area contributed by atoms with E-state index in [9.17, 15) is 4.79 Å². The highest BCUT2D eigenvalue weighted by Gasteiger charge is 2.27. The summed E-state index contributed by atoms with van der Waals surface area (Å²) in [6.45, 7) is 3.60. The van der Waals surface area contributed by atoms with Crippen molar-refractivity contribution >= 4 is 5.97 Å². The minimum Gasteiger partial charge on any atom is -0.450 e. The van der Waals surface area contributed by atoms with Crippen molar-refractivity contribution in [3.8, 4) is 0 Å². The Bertz CT molecular complexity index is 341. The van der Waals surface area contributed by atoms with Gasteiger partial charge in [0, 0.05) is 5.56 Å². The van der Waals surface area contributed by atoms with Gasteiger partial charge >= 0.3 is 5.97 Å². The van der Waals surface area contributed by atoms with Gasteiger partial charge in [-0.1, -0.05) is 24.8 Å². The molecule has 1 aliphatic heterocycles. The van der Waals surface area contributed by atoms with Gasteiger partial charge in [0.05, 0.1) is 5.56 Å². The maximum Gasteiger partial charge on any atom is 0.339 e. The molecule has 60 valence electrons. The van der Waals surface area contributed by atoms with Gasteiger partial charge in [-0.2, -0.15) is 0 Å². The van der Waals surface area contributed by atoms with Crippen LogP contribution in [0.4, 0.5) is 0 Å². The van der Waals surface area contributed by atoms with Gasteiger partial charge < -0.3 is 4.74 Å². The van der Waals surface area contributed by atoms with Crippen molar-refractivity contribution in [1.82, 2.24) is 0 Å². The molecule has 2 heteroatoms. The maximum atomic E-state index is 11.2. The Hall–Kier alpha value is -1.57. The first kappa shape index (κ1) is 7.10. The zero-order valence-electron chi connectivity index (χ0n) is 6.49. The lowest BCUT2D eigenvalue weighted by molar-refractivity contribution is 0.0468. The third kappa shape index (κ3) is 0.848. The quantitative estimate of drug-likeness (QED) is 0.464. The molecule has 1 aliphatic rings. The molecule has 0 fully saturated rings. The van der Waals surface area contributed by atoms with E-state index in [4.69, 9.17) is 4.74 Å². The van der Waals surface area contributed by atoms with Gasteiger partial charge in [0.1, 0.15) is 6.10 Å². The molecule has 0 saturated heterocycles. The summed E-state index contributed by atoms with van der Waals surface area (Å²) in [5.74, 6) is -0.254. The van der Waals surface area contributed by atoms with Crippen LogP contribution in [0, 0.1) is 0 Å². The van der Waals surface area contributed by atoms with Crippen molar-refractivity contribution in [2.24, 2.45) is 0 Å². The first-order chi connectivity index (χ1) is 5.83. The highest BCUT2D eigenvalue weighted by Crippen LogP contribution is 2.30. The highest BCUT2D eigenvalue weighted by atomic mass is 16.5. The number of ether oxygens (including phenoxy) is 1. The lowest BCUT2D eigenvalue weighted by Gasteiger charge is -2.01. The van der Waals surface area contributed by atoms with Crippen LogP contribution in [0.1, 0.15) is 22.0 Å². The van der Waals surface area contributed by atoms with Crippen LogP contribution in [0.25, 0.3) is 0 Å². The second kappa shape index (κ2) is 2.48. The standard InChI is InChI=1S/C10H8O2/c1-2-9-7-5-3-4-6-8(7)10(11)12-9/h2-6,9H,1H2. The zero-order valence-corrected chi connectivity index (χ0v) is 6.49. The Labute approximate surface area is 70.5 Å². The van der Waals surface area contributed by atoms with Gasteiger partial charge in [0.2, 0.25) is 0 Å². The second-order valence-corrected chi connectivity index (χ2v) is 2.65. The smallest absolute Gasteiger partial charge is 0.339 e. The average molecular weight is 160 g/mol. The van der Waals surface area contributed by atoms with E-state index in [0.717, 1.165) is 5.56 Å². The Balaban J connectivity index is 2.57. The van der Waals surface area contributed by atoms with Crippen LogP contribution in [0.15, 0.2) is 36.9 Å². The summed E-state index contributed by atoms with van der Waals surface area (Å²) in [6, 6.07) is 7.36. The number of benzene rings is 1. The lowest BCUT2D eigenvalue weighted by Crippen LogP contribution is -1.94. The number of hydrogen-bond acceptors (Lipinski definition) is 2. The van der Waals surface area contributed by atoms with E-state index in [1.807, 2.05) is 18.2 Å². The van der Waals surface area contributed by atoms with Crippen LogP contribution in [-0.4, -0.2) is 5.97 Å². The Kier molecular flexibility index (Phi) is 1.47. The van der Waals surface area contributed by atoms with Gasteiger partial charge in [-0.15, -0.1) is 0 Å². The first-order valence-electron chi connectivity index (χ1n) is 3.75. The molecule has 2 rings (SSSR count). The molecule has 0 amide bonds. The van der Waals surface area contributed by atoms with Gasteiger partial charge in [-0.25, -0.2) is 4.79 Å². The summed E-state index contributed by atoms with van der Waals surface area (Å²) >= 11 is 0. The molecule has 0 aliphatic carbocycles. The lowest BCUT2D eigenvalue weighted by atomic mass is 10.1. The van der Waals surface area contributed by atoms with Gasteiger partial charge in [0.25, 0.3) is 0 Å². The van der Waals surface area contributed by atoms with Gasteiger partial charge in [-0.05, 0) is 12.1 Å². The Morgan fingerprint density at radius 3 is 2.92 bits per heavy atom. The molecule has 1 heterocycles. The molecular formula is C10H8O2. The molecule has 0 radical (unpaired) electrons. The summed E-state index contributed by atoms with van der Waals surface area (Å²) in [7, 11) is 0. The molecule has 0 spiro atoms. The third-order valence-corrected chi connectivity index (χ3v) is 1.94. The summed E-state index contributed by atoms with van der Waals surface area (Å²) in [5, 5.41) is 0. The second-order valence-electron chi connectivity index (χ2n) is 2.65. The fourth-order valence-corrected chi connectivity index (χ4v) is 1.35. The van der Waals surface area contributed by atoms with Crippen LogP contribution < -0.4 is 0 Å². The molecule has 1 aromatic carbocycles. The molecule has 1 atom stereocenters. The van der Waals surface area contributed by atoms with Crippen LogP contribution >= 0.6 is 0 Å². The Morgan fingerprint density at radius 1 is 1.42 bits per heavy atom. The van der Waals surface area contributed by atoms with E-state index in [1.165, 1.54) is 0 Å². The fourth-order valence-electron chi connectivity index (χ4n) is 1.35. The van der Waals surface area contributed by atoms with Crippen molar-refractivity contribution in [2.45, 2.75) is 6.10 Å². The van der Waals surface area contributed by atoms with E-state index >= 15 is 0 Å². The van der Waals surface area contributed by atoms with Crippen molar-refractivity contribution in [1.29, 1.82) is 0 Å². The minimum atomic E-state index is -0.256. The topological polar surface area (TPSA) is 26.3 Å². The first-order valence-corrected chi connectivity index (χ1v) is 3.75. The fraction of sp³-hybridized carbons (Fsp3) is 0.100. The van der Waals surface area contributed by atoms with Crippen molar-refractivity contribution in [3.63, 3.8) is 0 Å². The normalized spacial score (nSPS) is 20.0. The zero-order chi connectivity index (χ0) is 8.55. The van der Waals surface area contributed by atoms with Crippen LogP contribution in [0.3, 0.4) is 0 Å². The molecule has 12 heavy (non-hydrogen) atoms. The monoisotopic (exact) mass is 160 g/mol. The van der Waals surface area contributed by atoms with Crippen LogP contribution in [0.2, 0.25) is 0 Å². The number of carbonyl (C=O) groups is 1. The third-order valence-electron chi connectivity index (χ3n) is 1.94. The van der Waals surface area contributed by atoms with Crippen LogP contribution in [-0.2, 0) is 4.74 Å². The number of fused-ring (bicyclic) bond motifs is 1. The number of cyclic esters (lactones) is 1. The van der Waals surface area contributed by atoms with E-state index in [2.05, 4.69) is 6.58 Å². The number of rotatable bonds is 1. The molecule has 0 N–H and O–H groups in total. The minimum absolute atomic E-state index is 0.254. The largest absolute Gasteiger partial charge is 0.450 e. The predicted octanol–water partition coefficient (Wildman–Crippen LogP) is 2.08.